The number of carbonyl (C=O) groups excluding carboxylic acids is 2. The van der Waals surface area contributed by atoms with Crippen LogP contribution in [0.25, 0.3) is 0 Å². The number of imide groups is 1. The Kier molecular flexibility index (Phi) is 6.10. The molecule has 0 spiro atoms. The second-order valence-corrected chi connectivity index (χ2v) is 2.74. The molecule has 12 heavy (non-hydrogen) atoms. The van der Waals surface area contributed by atoms with Gasteiger partial charge in [-0.05, 0) is 0 Å². The topological polar surface area (TPSA) is 87.7 Å². The Morgan fingerprint density at radius 1 is 1.58 bits per heavy atom. The Balaban J connectivity index is 0.00000121. The number of carbonyl (C=O) groups is 2. The smallest absolute Gasteiger partial charge is 0.691 e. The zero-order chi connectivity index (χ0) is 8.27. The number of rotatable bonds is 3. The first-order valence-electron chi connectivity index (χ1n) is 2.69. The van der Waals surface area contributed by atoms with E-state index < -0.39 is 11.2 Å². The zero-order valence-corrected chi connectivity index (χ0v) is 9.05. The summed E-state index contributed by atoms with van der Waals surface area (Å²) in [7, 11) is 0. The van der Waals surface area contributed by atoms with Crippen molar-refractivity contribution in [3.05, 3.63) is 0 Å². The Labute approximate surface area is 94.3 Å². The number of nitrogens with one attached hydrogen (secondary N) is 1. The molecule has 1 aliphatic rings. The molecule has 0 aliphatic carbocycles. The molecule has 62 valence electrons. The minimum atomic E-state index is -0.670. The summed E-state index contributed by atoms with van der Waals surface area (Å²) in [6.07, 6.45) is 0.0207. The summed E-state index contributed by atoms with van der Waals surface area (Å²) in [5.74, 6) is -0.834. The normalized spacial score (nSPS) is 21.9. The van der Waals surface area contributed by atoms with Crippen LogP contribution in [0.5, 0.6) is 0 Å². The molecule has 0 aromatic rings. The predicted molar refractivity (Wildman–Crippen MR) is 31.3 cm³/mol. The first kappa shape index (κ1) is 12.4. The van der Waals surface area contributed by atoms with Gasteiger partial charge >= 0.3 is 29.6 Å². The van der Waals surface area contributed by atoms with Crippen molar-refractivity contribution >= 4 is 23.9 Å². The molecular weight excluding hydrogens is 197 g/mol. The van der Waals surface area contributed by atoms with Gasteiger partial charge in [-0.25, -0.2) is 0 Å². The molecule has 2 amide bonds. The van der Waals surface area contributed by atoms with Crippen LogP contribution in [0.3, 0.4) is 0 Å². The zero-order valence-electron chi connectivity index (χ0n) is 6.23. The van der Waals surface area contributed by atoms with Crippen molar-refractivity contribution in [2.45, 2.75) is 11.7 Å². The van der Waals surface area contributed by atoms with Crippen LogP contribution in [0.4, 0.5) is 0 Å². The van der Waals surface area contributed by atoms with Crippen LogP contribution in [0, 0.1) is 0 Å². The van der Waals surface area contributed by atoms with E-state index in [1.165, 1.54) is 0 Å². The van der Waals surface area contributed by atoms with Crippen molar-refractivity contribution in [3.63, 3.8) is 0 Å². The first-order valence-corrected chi connectivity index (χ1v) is 3.50. The van der Waals surface area contributed by atoms with Crippen molar-refractivity contribution in [1.82, 2.24) is 5.32 Å². The number of amides is 2. The molecule has 1 unspecified atom stereocenters. The third-order valence-electron chi connectivity index (χ3n) is 1.11. The molecule has 1 heterocycles. The van der Waals surface area contributed by atoms with Gasteiger partial charge in [-0.3, -0.25) is 19.9 Å². The van der Waals surface area contributed by atoms with Crippen molar-refractivity contribution in [2.24, 2.45) is 0 Å². The van der Waals surface area contributed by atoms with Crippen LogP contribution < -0.4 is 40.1 Å². The average molecular weight is 201 g/mol. The Morgan fingerprint density at radius 2 is 2.25 bits per heavy atom. The molecule has 8 heteroatoms. The monoisotopic (exact) mass is 201 g/mol. The summed E-state index contributed by atoms with van der Waals surface area (Å²) < 4.78 is 3.88. The first-order chi connectivity index (χ1) is 5.24. The van der Waals surface area contributed by atoms with Gasteiger partial charge in [0.25, 0.3) is 0 Å². The largest absolute Gasteiger partial charge is 1.00 e. The van der Waals surface area contributed by atoms with Crippen molar-refractivity contribution in [1.29, 1.82) is 0 Å². The molecule has 0 aromatic carbocycles. The molecule has 0 bridgehead atoms. The molecule has 1 N–H and O–H groups in total. The van der Waals surface area contributed by atoms with Crippen LogP contribution in [0.2, 0.25) is 0 Å². The van der Waals surface area contributed by atoms with E-state index in [1.807, 2.05) is 5.32 Å². The van der Waals surface area contributed by atoms with E-state index in [9.17, 15) is 14.8 Å². The Morgan fingerprint density at radius 3 is 2.67 bits per heavy atom. The molecule has 0 radical (unpaired) electrons. The van der Waals surface area contributed by atoms with E-state index in [-0.39, 0.29) is 41.9 Å². The van der Waals surface area contributed by atoms with Crippen LogP contribution >= 0.6 is 12.0 Å². The molecule has 1 atom stereocenters. The van der Waals surface area contributed by atoms with Gasteiger partial charge in [0.2, 0.25) is 11.8 Å². The maximum absolute atomic E-state index is 10.7. The van der Waals surface area contributed by atoms with Gasteiger partial charge in [-0.15, -0.1) is 0 Å². The SMILES string of the molecule is O=C1CC(SOO[O-])C(=O)N1.[Na+]. The molecule has 1 rings (SSSR count). The van der Waals surface area contributed by atoms with Gasteiger partial charge in [-0.2, -0.15) is 4.33 Å². The van der Waals surface area contributed by atoms with Crippen molar-refractivity contribution in [2.75, 3.05) is 0 Å². The fourth-order valence-electron chi connectivity index (χ4n) is 0.671. The summed E-state index contributed by atoms with van der Waals surface area (Å²) in [4.78, 5) is 21.2. The van der Waals surface area contributed by atoms with Crippen LogP contribution in [0.1, 0.15) is 6.42 Å². The van der Waals surface area contributed by atoms with E-state index in [1.54, 1.807) is 0 Å². The van der Waals surface area contributed by atoms with Crippen LogP contribution in [-0.4, -0.2) is 17.1 Å². The number of hydrogen-bond acceptors (Lipinski definition) is 6. The van der Waals surface area contributed by atoms with Crippen molar-refractivity contribution in [3.8, 4) is 0 Å². The summed E-state index contributed by atoms with van der Waals surface area (Å²) in [5.41, 5.74) is 0. The Bertz CT molecular complexity index is 188. The minimum absolute atomic E-state index is 0. The van der Waals surface area contributed by atoms with E-state index in [0.717, 1.165) is 0 Å². The van der Waals surface area contributed by atoms with Crippen molar-refractivity contribution < 1.29 is 53.8 Å². The minimum Gasteiger partial charge on any atom is -0.691 e. The van der Waals surface area contributed by atoms with E-state index in [4.69, 9.17) is 0 Å². The van der Waals surface area contributed by atoms with Gasteiger partial charge in [-0.1, -0.05) is 0 Å². The second kappa shape index (κ2) is 5.92. The fourth-order valence-corrected chi connectivity index (χ4v) is 1.16. The van der Waals surface area contributed by atoms with Gasteiger partial charge in [0, 0.05) is 12.0 Å². The molecular formula is C4H4NNaO5S. The summed E-state index contributed by atoms with van der Waals surface area (Å²) in [6, 6.07) is 0. The average Bonchev–Trinajstić information content (AvgIpc) is 2.26. The third-order valence-corrected chi connectivity index (χ3v) is 1.86. The fraction of sp³-hybridized carbons (Fsp3) is 0.500. The van der Waals surface area contributed by atoms with Gasteiger partial charge in [0.1, 0.15) is 5.25 Å². The van der Waals surface area contributed by atoms with Crippen LogP contribution in [0.15, 0.2) is 0 Å². The second-order valence-electron chi connectivity index (χ2n) is 1.84. The van der Waals surface area contributed by atoms with E-state index in [0.29, 0.717) is 12.0 Å². The Hall–Kier alpha value is 0.370. The maximum Gasteiger partial charge on any atom is 1.00 e. The molecule has 1 saturated heterocycles. The van der Waals surface area contributed by atoms with E-state index >= 15 is 0 Å². The number of hydrogen-bond donors (Lipinski definition) is 1. The third kappa shape index (κ3) is 3.40. The molecule has 0 aromatic heterocycles. The van der Waals surface area contributed by atoms with Gasteiger partial charge in [0.15, 0.2) is 0 Å². The predicted octanol–water partition coefficient (Wildman–Crippen LogP) is -4.72. The standard InChI is InChI=1S/C4H5NO5S.Na/c6-3-1-2(4(7)5-3)11-10-9-8;/h2,8H,1H2,(H,5,6,7);/q;+1/p-1. The molecule has 1 fully saturated rings. The quantitative estimate of drug-likeness (QED) is 0.162. The molecule has 1 aliphatic heterocycles. The summed E-state index contributed by atoms with van der Waals surface area (Å²) in [6.45, 7) is 0. The van der Waals surface area contributed by atoms with Gasteiger partial charge < -0.3 is 5.26 Å². The summed E-state index contributed by atoms with van der Waals surface area (Å²) in [5, 5.41) is 13.7. The van der Waals surface area contributed by atoms with Gasteiger partial charge in [0.05, 0.1) is 6.42 Å². The van der Waals surface area contributed by atoms with E-state index in [2.05, 4.69) is 9.37 Å². The molecule has 6 nitrogen and oxygen atoms in total. The molecule has 0 saturated carbocycles. The summed E-state index contributed by atoms with van der Waals surface area (Å²) >= 11 is 0.528. The van der Waals surface area contributed by atoms with Crippen LogP contribution in [-0.2, 0) is 19.0 Å². The maximum atomic E-state index is 10.7.